The minimum atomic E-state index is -0.258. The summed E-state index contributed by atoms with van der Waals surface area (Å²) in [6, 6.07) is 11.7. The number of benzene rings is 2. The molecule has 3 aromatic rings. The molecular weight excluding hydrogens is 372 g/mol. The van der Waals surface area contributed by atoms with Gasteiger partial charge in [0.2, 0.25) is 0 Å². The van der Waals surface area contributed by atoms with Gasteiger partial charge >= 0.3 is 0 Å². The van der Waals surface area contributed by atoms with Crippen molar-refractivity contribution >= 4 is 22.4 Å². The van der Waals surface area contributed by atoms with Crippen molar-refractivity contribution in [1.29, 1.82) is 0 Å². The Morgan fingerprint density at radius 1 is 1.04 bits per heavy atom. The van der Waals surface area contributed by atoms with Gasteiger partial charge in [-0.3, -0.25) is 10.1 Å². The molecule has 0 spiro atoms. The fourth-order valence-corrected chi connectivity index (χ4v) is 4.22. The summed E-state index contributed by atoms with van der Waals surface area (Å²) in [5, 5.41) is 5.41. The topological polar surface area (TPSA) is 60.5 Å². The van der Waals surface area contributed by atoms with Gasteiger partial charge in [-0.25, -0.2) is 4.98 Å². The quantitative estimate of drug-likeness (QED) is 0.665. The molecule has 0 fully saturated rings. The summed E-state index contributed by atoms with van der Waals surface area (Å²) >= 11 is 1.42. The number of fused-ring (bicyclic) bond motifs is 1. The van der Waals surface area contributed by atoms with Crippen LogP contribution in [-0.4, -0.2) is 25.1 Å². The number of ether oxygens (including phenoxy) is 2. The Morgan fingerprint density at radius 3 is 2.64 bits per heavy atom. The standard InChI is InChI=1S/C22H22N2O3S/c1-26-17-9-10-18(20(12-17)27-2)21(25)24-22-23-19(13-28-22)16-8-7-14-5-3-4-6-15(14)11-16/h7-13H,3-6H2,1-2H3,(H,23,24,25). The van der Waals surface area contributed by atoms with Crippen LogP contribution in [0, 0.1) is 0 Å². The van der Waals surface area contributed by atoms with E-state index in [9.17, 15) is 4.79 Å². The lowest BCUT2D eigenvalue weighted by molar-refractivity contribution is 0.102. The molecular formula is C22H22N2O3S. The van der Waals surface area contributed by atoms with Crippen molar-refractivity contribution in [2.45, 2.75) is 25.7 Å². The van der Waals surface area contributed by atoms with Crippen LogP contribution in [0.1, 0.15) is 34.3 Å². The lowest BCUT2D eigenvalue weighted by Gasteiger charge is -2.16. The van der Waals surface area contributed by atoms with Gasteiger partial charge < -0.3 is 9.47 Å². The predicted octanol–water partition coefficient (Wildman–Crippen LogP) is 4.96. The van der Waals surface area contributed by atoms with Gasteiger partial charge in [-0.05, 0) is 55.0 Å². The number of nitrogens with zero attached hydrogens (tertiary/aromatic N) is 1. The normalized spacial score (nSPS) is 12.9. The number of carbonyl (C=O) groups excluding carboxylic acids is 1. The number of methoxy groups -OCH3 is 2. The third-order valence-corrected chi connectivity index (χ3v) is 5.78. The molecule has 1 N–H and O–H groups in total. The molecule has 1 aliphatic rings. The largest absolute Gasteiger partial charge is 0.497 e. The smallest absolute Gasteiger partial charge is 0.261 e. The molecule has 0 radical (unpaired) electrons. The van der Waals surface area contributed by atoms with Crippen LogP contribution in [0.2, 0.25) is 0 Å². The molecule has 0 atom stereocenters. The molecule has 28 heavy (non-hydrogen) atoms. The molecule has 0 bridgehead atoms. The maximum Gasteiger partial charge on any atom is 0.261 e. The summed E-state index contributed by atoms with van der Waals surface area (Å²) in [5.74, 6) is 0.839. The fourth-order valence-electron chi connectivity index (χ4n) is 3.51. The number of amides is 1. The lowest BCUT2D eigenvalue weighted by Crippen LogP contribution is -2.13. The molecule has 0 saturated heterocycles. The van der Waals surface area contributed by atoms with Crippen LogP contribution in [0.15, 0.2) is 41.8 Å². The van der Waals surface area contributed by atoms with E-state index in [2.05, 4.69) is 28.5 Å². The fraction of sp³-hybridized carbons (Fsp3) is 0.273. The molecule has 144 valence electrons. The van der Waals surface area contributed by atoms with E-state index in [0.29, 0.717) is 22.2 Å². The monoisotopic (exact) mass is 394 g/mol. The highest BCUT2D eigenvalue weighted by Gasteiger charge is 2.16. The van der Waals surface area contributed by atoms with Crippen LogP contribution in [-0.2, 0) is 12.8 Å². The number of hydrogen-bond acceptors (Lipinski definition) is 5. The summed E-state index contributed by atoms with van der Waals surface area (Å²) in [4.78, 5) is 17.3. The molecule has 1 amide bonds. The Hall–Kier alpha value is -2.86. The van der Waals surface area contributed by atoms with Gasteiger partial charge in [0.05, 0.1) is 25.5 Å². The van der Waals surface area contributed by atoms with Crippen molar-refractivity contribution in [3.8, 4) is 22.8 Å². The van der Waals surface area contributed by atoms with E-state index < -0.39 is 0 Å². The number of rotatable bonds is 5. The van der Waals surface area contributed by atoms with Crippen molar-refractivity contribution in [2.24, 2.45) is 0 Å². The minimum absolute atomic E-state index is 0.258. The van der Waals surface area contributed by atoms with Gasteiger partial charge in [0.25, 0.3) is 5.91 Å². The van der Waals surface area contributed by atoms with E-state index in [1.807, 2.05) is 5.38 Å². The molecule has 1 aliphatic carbocycles. The Bertz CT molecular complexity index is 1010. The molecule has 4 rings (SSSR count). The van der Waals surface area contributed by atoms with Crippen LogP contribution < -0.4 is 14.8 Å². The van der Waals surface area contributed by atoms with Crippen LogP contribution in [0.4, 0.5) is 5.13 Å². The van der Waals surface area contributed by atoms with E-state index >= 15 is 0 Å². The maximum atomic E-state index is 12.7. The predicted molar refractivity (Wildman–Crippen MR) is 112 cm³/mol. The summed E-state index contributed by atoms with van der Waals surface area (Å²) < 4.78 is 10.5. The zero-order chi connectivity index (χ0) is 19.5. The van der Waals surface area contributed by atoms with Gasteiger partial charge in [-0.2, -0.15) is 0 Å². The highest BCUT2D eigenvalue weighted by molar-refractivity contribution is 7.14. The van der Waals surface area contributed by atoms with Gasteiger partial charge in [-0.1, -0.05) is 12.1 Å². The number of nitrogens with one attached hydrogen (secondary N) is 1. The second-order valence-electron chi connectivity index (χ2n) is 6.75. The van der Waals surface area contributed by atoms with E-state index in [1.165, 1.54) is 42.4 Å². The Labute approximate surface area is 168 Å². The summed E-state index contributed by atoms with van der Waals surface area (Å²) in [6.45, 7) is 0. The van der Waals surface area contributed by atoms with Crippen molar-refractivity contribution in [3.05, 3.63) is 58.5 Å². The van der Waals surface area contributed by atoms with Crippen molar-refractivity contribution in [1.82, 2.24) is 4.98 Å². The number of carbonyl (C=O) groups is 1. The third-order valence-electron chi connectivity index (χ3n) is 5.02. The molecule has 0 aliphatic heterocycles. The zero-order valence-electron chi connectivity index (χ0n) is 16.0. The van der Waals surface area contributed by atoms with E-state index in [4.69, 9.17) is 9.47 Å². The van der Waals surface area contributed by atoms with Crippen molar-refractivity contribution in [3.63, 3.8) is 0 Å². The molecule has 2 aromatic carbocycles. The molecule has 1 heterocycles. The van der Waals surface area contributed by atoms with Crippen molar-refractivity contribution in [2.75, 3.05) is 19.5 Å². The first kappa shape index (κ1) is 18.5. The zero-order valence-corrected chi connectivity index (χ0v) is 16.8. The molecule has 1 aromatic heterocycles. The van der Waals surface area contributed by atoms with Gasteiger partial charge in [0, 0.05) is 17.0 Å². The number of hydrogen-bond donors (Lipinski definition) is 1. The van der Waals surface area contributed by atoms with Crippen LogP contribution >= 0.6 is 11.3 Å². The Morgan fingerprint density at radius 2 is 1.86 bits per heavy atom. The molecule has 5 nitrogen and oxygen atoms in total. The van der Waals surface area contributed by atoms with Crippen LogP contribution in [0.25, 0.3) is 11.3 Å². The second kappa shape index (κ2) is 8.02. The van der Waals surface area contributed by atoms with Gasteiger partial charge in [0.15, 0.2) is 5.13 Å². The van der Waals surface area contributed by atoms with Gasteiger partial charge in [0.1, 0.15) is 11.5 Å². The first-order chi connectivity index (χ1) is 13.7. The highest BCUT2D eigenvalue weighted by atomic mass is 32.1. The first-order valence-electron chi connectivity index (χ1n) is 9.29. The lowest BCUT2D eigenvalue weighted by atomic mass is 9.90. The average Bonchev–Trinajstić information content (AvgIpc) is 3.21. The van der Waals surface area contributed by atoms with E-state index in [0.717, 1.165) is 24.1 Å². The number of thiazole rings is 1. The summed E-state index contributed by atoms with van der Waals surface area (Å²) in [7, 11) is 3.11. The first-order valence-corrected chi connectivity index (χ1v) is 10.2. The summed E-state index contributed by atoms with van der Waals surface area (Å²) in [5.41, 5.74) is 5.29. The van der Waals surface area contributed by atoms with Crippen LogP contribution in [0.3, 0.4) is 0 Å². The molecule has 0 saturated carbocycles. The van der Waals surface area contributed by atoms with Crippen LogP contribution in [0.5, 0.6) is 11.5 Å². The molecule has 6 heteroatoms. The Balaban J connectivity index is 1.53. The second-order valence-corrected chi connectivity index (χ2v) is 7.61. The number of aromatic nitrogens is 1. The third kappa shape index (κ3) is 3.73. The van der Waals surface area contributed by atoms with Crippen molar-refractivity contribution < 1.29 is 14.3 Å². The van der Waals surface area contributed by atoms with Gasteiger partial charge in [-0.15, -0.1) is 11.3 Å². The van der Waals surface area contributed by atoms with E-state index in [1.54, 1.807) is 25.3 Å². The maximum absolute atomic E-state index is 12.7. The Kier molecular flexibility index (Phi) is 5.30. The van der Waals surface area contributed by atoms with E-state index in [-0.39, 0.29) is 5.91 Å². The number of aryl methyl sites for hydroxylation is 2. The minimum Gasteiger partial charge on any atom is -0.497 e. The highest BCUT2D eigenvalue weighted by Crippen LogP contribution is 2.30. The average molecular weight is 394 g/mol. The molecule has 0 unspecified atom stereocenters. The summed E-state index contributed by atoms with van der Waals surface area (Å²) in [6.07, 6.45) is 4.82. The number of anilines is 1. The SMILES string of the molecule is COc1ccc(C(=O)Nc2nc(-c3ccc4c(c3)CCCC4)cs2)c(OC)c1.